The molecule has 366 valence electrons. The van der Waals surface area contributed by atoms with Crippen LogP contribution in [0, 0.1) is 0 Å². The number of rotatable bonds is 42. The number of nitrogens with one attached hydrogen (secondary N) is 1. The van der Waals surface area contributed by atoms with Gasteiger partial charge in [-0.15, -0.1) is 0 Å². The number of aryl methyl sites for hydroxylation is 1. The number of carbonyl (C=O) groups excluding carboxylic acids is 1. The quantitative estimate of drug-likeness (QED) is 0.0429. The lowest BCUT2D eigenvalue weighted by molar-refractivity contribution is -0.137. The summed E-state index contributed by atoms with van der Waals surface area (Å²) in [5, 5.41) is 2.86. The number of alkyl halides is 3. The van der Waals surface area contributed by atoms with E-state index < -0.39 is 17.7 Å². The van der Waals surface area contributed by atoms with E-state index in [-0.39, 0.29) is 24.5 Å². The number of carbonyl (C=O) groups is 1. The lowest BCUT2D eigenvalue weighted by Gasteiger charge is -2.13. The maximum atomic E-state index is 13.1. The third-order valence-electron chi connectivity index (χ3n) is 9.54. The zero-order valence-corrected chi connectivity index (χ0v) is 38.3. The Kier molecular flexibility index (Phi) is 31.8. The van der Waals surface area contributed by atoms with Gasteiger partial charge >= 0.3 is 12.1 Å². The van der Waals surface area contributed by atoms with Crippen molar-refractivity contribution in [2.24, 2.45) is 0 Å². The number of anilines is 2. The maximum absolute atomic E-state index is 13.1. The monoisotopic (exact) mass is 924 g/mol. The number of halogens is 3. The lowest BCUT2D eigenvalue weighted by Crippen LogP contribution is -2.16. The van der Waals surface area contributed by atoms with E-state index in [1.54, 1.807) is 18.2 Å². The SMILES string of the molecule is CCCCCCCCCc1ccc(OCCOCCOCCOCCOCCOCCOCCOCCOCCOCCOC(=O)c2ccccc2Nc2cccc(C(F)(F)F)c2)cc1. The van der Waals surface area contributed by atoms with E-state index in [0.717, 1.165) is 24.3 Å². The second-order valence-electron chi connectivity index (χ2n) is 14.8. The first-order valence-corrected chi connectivity index (χ1v) is 23.0. The van der Waals surface area contributed by atoms with Gasteiger partial charge in [-0.25, -0.2) is 4.79 Å². The van der Waals surface area contributed by atoms with Gasteiger partial charge < -0.3 is 57.4 Å². The van der Waals surface area contributed by atoms with Crippen LogP contribution in [0.1, 0.15) is 73.4 Å². The molecule has 1 N–H and O–H groups in total. The first kappa shape index (κ1) is 55.5. The van der Waals surface area contributed by atoms with E-state index in [4.69, 9.17) is 52.1 Å². The van der Waals surface area contributed by atoms with Gasteiger partial charge in [-0.3, -0.25) is 0 Å². The summed E-state index contributed by atoms with van der Waals surface area (Å²) in [5.74, 6) is 0.242. The van der Waals surface area contributed by atoms with Crippen LogP contribution in [0.3, 0.4) is 0 Å². The number of unbranched alkanes of at least 4 members (excludes halogenated alkanes) is 6. The van der Waals surface area contributed by atoms with Gasteiger partial charge in [-0.1, -0.05) is 75.8 Å². The zero-order valence-electron chi connectivity index (χ0n) is 38.3. The molecule has 0 aromatic heterocycles. The highest BCUT2D eigenvalue weighted by molar-refractivity contribution is 5.96. The van der Waals surface area contributed by atoms with Crippen LogP contribution in [0.2, 0.25) is 0 Å². The summed E-state index contributed by atoms with van der Waals surface area (Å²) in [6.45, 7) is 10.5. The van der Waals surface area contributed by atoms with E-state index in [1.807, 2.05) is 12.1 Å². The minimum absolute atomic E-state index is 0.00290. The summed E-state index contributed by atoms with van der Waals surface area (Å²) in [6.07, 6.45) is 5.94. The topological polar surface area (TPSA) is 131 Å². The van der Waals surface area contributed by atoms with Gasteiger partial charge in [0.1, 0.15) is 19.0 Å². The molecule has 65 heavy (non-hydrogen) atoms. The van der Waals surface area contributed by atoms with Crippen molar-refractivity contribution in [2.75, 3.05) is 137 Å². The molecule has 3 aromatic rings. The van der Waals surface area contributed by atoms with Crippen molar-refractivity contribution in [2.45, 2.75) is 64.5 Å². The summed E-state index contributed by atoms with van der Waals surface area (Å²) in [6, 6.07) is 19.6. The predicted octanol–water partition coefficient (Wildman–Crippen LogP) is 9.13. The molecule has 0 atom stereocenters. The number of esters is 1. The van der Waals surface area contributed by atoms with Gasteiger partial charge in [0.05, 0.1) is 136 Å². The van der Waals surface area contributed by atoms with Crippen LogP contribution in [0.5, 0.6) is 5.75 Å². The molecule has 0 amide bonds. The summed E-state index contributed by atoms with van der Waals surface area (Å²) >= 11 is 0. The first-order valence-electron chi connectivity index (χ1n) is 23.0. The minimum atomic E-state index is -4.48. The van der Waals surface area contributed by atoms with Crippen LogP contribution in [-0.2, 0) is 60.0 Å². The Morgan fingerprint density at radius 3 is 1.43 bits per heavy atom. The fourth-order valence-corrected chi connectivity index (χ4v) is 6.09. The van der Waals surface area contributed by atoms with Crippen LogP contribution < -0.4 is 10.1 Å². The molecule has 0 heterocycles. The fourth-order valence-electron chi connectivity index (χ4n) is 6.09. The Bertz CT molecular complexity index is 1600. The molecule has 0 radical (unpaired) electrons. The van der Waals surface area contributed by atoms with Gasteiger partial charge in [0, 0.05) is 5.69 Å². The van der Waals surface area contributed by atoms with E-state index in [1.165, 1.54) is 68.7 Å². The van der Waals surface area contributed by atoms with Gasteiger partial charge in [-0.05, 0) is 60.9 Å². The Balaban J connectivity index is 0.976. The van der Waals surface area contributed by atoms with Crippen LogP contribution in [-0.4, -0.2) is 138 Å². The van der Waals surface area contributed by atoms with Gasteiger partial charge in [0.2, 0.25) is 0 Å². The number of ether oxygens (including phenoxy) is 11. The van der Waals surface area contributed by atoms with Crippen LogP contribution in [0.4, 0.5) is 24.5 Å². The second-order valence-corrected chi connectivity index (χ2v) is 14.8. The Labute approximate surface area is 383 Å². The van der Waals surface area contributed by atoms with Crippen molar-refractivity contribution < 1.29 is 70.1 Å². The number of hydrogen-bond acceptors (Lipinski definition) is 13. The predicted molar refractivity (Wildman–Crippen MR) is 242 cm³/mol. The molecule has 0 aliphatic rings. The van der Waals surface area contributed by atoms with Crippen LogP contribution >= 0.6 is 0 Å². The molecule has 0 aliphatic carbocycles. The zero-order chi connectivity index (χ0) is 46.3. The van der Waals surface area contributed by atoms with Gasteiger partial charge in [0.15, 0.2) is 0 Å². The molecule has 0 aliphatic heterocycles. The summed E-state index contributed by atoms with van der Waals surface area (Å²) in [7, 11) is 0. The smallest absolute Gasteiger partial charge is 0.416 e. The van der Waals surface area contributed by atoms with Crippen molar-refractivity contribution >= 4 is 17.3 Å². The normalized spacial score (nSPS) is 11.6. The molecule has 0 spiro atoms. The molecule has 16 heteroatoms. The molecule has 3 rings (SSSR count). The molecule has 13 nitrogen and oxygen atoms in total. The van der Waals surface area contributed by atoms with Crippen LogP contribution in [0.25, 0.3) is 0 Å². The largest absolute Gasteiger partial charge is 0.491 e. The first-order chi connectivity index (χ1) is 31.9. The van der Waals surface area contributed by atoms with Crippen LogP contribution in [0.15, 0.2) is 72.8 Å². The second kappa shape index (κ2) is 37.3. The lowest BCUT2D eigenvalue weighted by atomic mass is 10.0. The summed E-state index contributed by atoms with van der Waals surface area (Å²) < 4.78 is 99.9. The Morgan fingerprint density at radius 1 is 0.492 bits per heavy atom. The molecular formula is C49H72F3NO12. The highest BCUT2D eigenvalue weighted by Gasteiger charge is 2.30. The molecule has 0 saturated heterocycles. The van der Waals surface area contributed by atoms with E-state index >= 15 is 0 Å². The van der Waals surface area contributed by atoms with Crippen molar-refractivity contribution in [3.63, 3.8) is 0 Å². The fraction of sp³-hybridized carbons (Fsp3) is 0.612. The highest BCUT2D eigenvalue weighted by Crippen LogP contribution is 2.32. The van der Waals surface area contributed by atoms with Crippen molar-refractivity contribution in [1.82, 2.24) is 0 Å². The Morgan fingerprint density at radius 2 is 0.938 bits per heavy atom. The van der Waals surface area contributed by atoms with E-state index in [9.17, 15) is 18.0 Å². The molecular weight excluding hydrogens is 852 g/mol. The molecule has 0 fully saturated rings. The number of para-hydroxylation sites is 1. The van der Waals surface area contributed by atoms with Gasteiger partial charge in [0.25, 0.3) is 0 Å². The molecule has 0 unspecified atom stereocenters. The van der Waals surface area contributed by atoms with E-state index in [0.29, 0.717) is 125 Å². The third-order valence-corrected chi connectivity index (χ3v) is 9.54. The molecule has 0 bridgehead atoms. The summed E-state index contributed by atoms with van der Waals surface area (Å²) in [5.41, 5.74) is 1.28. The average Bonchev–Trinajstić information content (AvgIpc) is 3.31. The average molecular weight is 924 g/mol. The number of benzene rings is 3. The summed E-state index contributed by atoms with van der Waals surface area (Å²) in [4.78, 5) is 12.6. The Hall–Kier alpha value is -3.84. The number of hydrogen-bond donors (Lipinski definition) is 1. The van der Waals surface area contributed by atoms with E-state index in [2.05, 4.69) is 24.4 Å². The maximum Gasteiger partial charge on any atom is 0.416 e. The third kappa shape index (κ3) is 28.7. The van der Waals surface area contributed by atoms with Crippen molar-refractivity contribution in [1.29, 1.82) is 0 Å². The van der Waals surface area contributed by atoms with Crippen molar-refractivity contribution in [3.8, 4) is 5.75 Å². The highest BCUT2D eigenvalue weighted by atomic mass is 19.4. The standard InChI is InChI=1S/C49H72F3NO12/c1-2-3-4-5-6-7-8-12-42-17-19-45(20-18-42)64-39-37-62-35-33-60-31-29-58-27-25-56-23-21-55-22-24-57-26-28-59-30-32-61-34-36-63-38-40-65-48(54)46-15-9-10-16-47(46)53-44-14-11-13-43(41-44)49(50,51)52/h9-11,13-20,41,53H,2-8,12,21-40H2,1H3. The molecule has 0 saturated carbocycles. The van der Waals surface area contributed by atoms with Crippen molar-refractivity contribution in [3.05, 3.63) is 89.5 Å². The molecule has 3 aromatic carbocycles. The minimum Gasteiger partial charge on any atom is -0.491 e. The van der Waals surface area contributed by atoms with Gasteiger partial charge in [-0.2, -0.15) is 13.2 Å².